The number of rotatable bonds is 6. The number of benzene rings is 1. The summed E-state index contributed by atoms with van der Waals surface area (Å²) < 4.78 is 5.22. The lowest BCUT2D eigenvalue weighted by atomic mass is 10.0. The lowest BCUT2D eigenvalue weighted by Gasteiger charge is -2.26. The van der Waals surface area contributed by atoms with Crippen LogP contribution in [0.25, 0.3) is 0 Å². The molecule has 0 saturated heterocycles. The van der Waals surface area contributed by atoms with E-state index in [1.54, 1.807) is 20.8 Å². The SMILES string of the molecule is CC(C)(C)OC(=O)N[C@@H](Cc1ccccc1)[C@H](O)CNN. The summed E-state index contributed by atoms with van der Waals surface area (Å²) in [5.74, 6) is 5.24. The van der Waals surface area contributed by atoms with Crippen LogP contribution in [0.1, 0.15) is 26.3 Å². The first-order valence-corrected chi connectivity index (χ1v) is 6.97. The van der Waals surface area contributed by atoms with Crippen LogP contribution in [-0.2, 0) is 11.2 Å². The Bertz CT molecular complexity index is 432. The Hall–Kier alpha value is -1.63. The number of hydrogen-bond acceptors (Lipinski definition) is 5. The van der Waals surface area contributed by atoms with Crippen LogP contribution in [0.5, 0.6) is 0 Å². The highest BCUT2D eigenvalue weighted by molar-refractivity contribution is 5.68. The lowest BCUT2D eigenvalue weighted by molar-refractivity contribution is 0.0422. The third kappa shape index (κ3) is 7.08. The van der Waals surface area contributed by atoms with Crippen molar-refractivity contribution in [2.45, 2.75) is 44.9 Å². The molecule has 6 nitrogen and oxygen atoms in total. The summed E-state index contributed by atoms with van der Waals surface area (Å²) in [5.41, 5.74) is 2.84. The zero-order chi connectivity index (χ0) is 15.9. The zero-order valence-electron chi connectivity index (χ0n) is 12.8. The average Bonchev–Trinajstić information content (AvgIpc) is 2.37. The number of aliphatic hydroxyl groups excluding tert-OH is 1. The van der Waals surface area contributed by atoms with E-state index in [1.165, 1.54) is 0 Å². The van der Waals surface area contributed by atoms with Crippen LogP contribution in [0.2, 0.25) is 0 Å². The number of hydrazine groups is 1. The topological polar surface area (TPSA) is 96.6 Å². The van der Waals surface area contributed by atoms with Gasteiger partial charge in [0.25, 0.3) is 0 Å². The molecular weight excluding hydrogens is 270 g/mol. The number of amides is 1. The fourth-order valence-corrected chi connectivity index (χ4v) is 1.87. The fourth-order valence-electron chi connectivity index (χ4n) is 1.87. The fraction of sp³-hybridized carbons (Fsp3) is 0.533. The van der Waals surface area contributed by atoms with E-state index in [4.69, 9.17) is 10.6 Å². The van der Waals surface area contributed by atoms with E-state index in [0.717, 1.165) is 5.56 Å². The van der Waals surface area contributed by atoms with Gasteiger partial charge < -0.3 is 15.2 Å². The number of alkyl carbamates (subject to hydrolysis) is 1. The van der Waals surface area contributed by atoms with E-state index in [-0.39, 0.29) is 6.54 Å². The molecule has 5 N–H and O–H groups in total. The first kappa shape index (κ1) is 17.4. The molecule has 0 radical (unpaired) electrons. The molecule has 0 fully saturated rings. The Morgan fingerprint density at radius 2 is 1.95 bits per heavy atom. The molecule has 0 heterocycles. The molecule has 0 aliphatic carbocycles. The quantitative estimate of drug-likeness (QED) is 0.463. The highest BCUT2D eigenvalue weighted by Gasteiger charge is 2.24. The van der Waals surface area contributed by atoms with Crippen LogP contribution in [0.15, 0.2) is 30.3 Å². The van der Waals surface area contributed by atoms with Gasteiger partial charge in [0.2, 0.25) is 0 Å². The minimum atomic E-state index is -0.817. The van der Waals surface area contributed by atoms with Crippen LogP contribution in [0, 0.1) is 0 Å². The summed E-state index contributed by atoms with van der Waals surface area (Å²) in [7, 11) is 0. The molecular formula is C15H25N3O3. The van der Waals surface area contributed by atoms with Crippen molar-refractivity contribution in [2.75, 3.05) is 6.54 Å². The summed E-state index contributed by atoms with van der Waals surface area (Å²) in [6.07, 6.45) is -0.884. The number of ether oxygens (including phenoxy) is 1. The second kappa shape index (κ2) is 7.97. The summed E-state index contributed by atoms with van der Waals surface area (Å²) in [6.45, 7) is 5.54. The molecule has 6 heteroatoms. The smallest absolute Gasteiger partial charge is 0.407 e. The van der Waals surface area contributed by atoms with Crippen LogP contribution in [0.4, 0.5) is 4.79 Å². The van der Waals surface area contributed by atoms with Gasteiger partial charge in [0.05, 0.1) is 12.1 Å². The maximum atomic E-state index is 11.9. The van der Waals surface area contributed by atoms with E-state index in [0.29, 0.717) is 6.42 Å². The highest BCUT2D eigenvalue weighted by Crippen LogP contribution is 2.10. The maximum Gasteiger partial charge on any atom is 0.407 e. The van der Waals surface area contributed by atoms with Crippen LogP contribution in [-0.4, -0.2) is 35.5 Å². The predicted octanol–water partition coefficient (Wildman–Crippen LogP) is 0.947. The highest BCUT2D eigenvalue weighted by atomic mass is 16.6. The van der Waals surface area contributed by atoms with Crippen molar-refractivity contribution in [3.05, 3.63) is 35.9 Å². The van der Waals surface area contributed by atoms with Gasteiger partial charge in [-0.3, -0.25) is 11.3 Å². The molecule has 0 aliphatic rings. The number of carbonyl (C=O) groups excluding carboxylic acids is 1. The molecule has 0 aliphatic heterocycles. The average molecular weight is 295 g/mol. The van der Waals surface area contributed by atoms with Crippen molar-refractivity contribution in [1.82, 2.24) is 10.7 Å². The van der Waals surface area contributed by atoms with Crippen molar-refractivity contribution in [3.63, 3.8) is 0 Å². The molecule has 0 spiro atoms. The standard InChI is InChI=1S/C15H25N3O3/c1-15(2,3)21-14(20)18-12(13(19)10-17-16)9-11-7-5-4-6-8-11/h4-8,12-13,17,19H,9-10,16H2,1-3H3,(H,18,20)/t12-,13+/m0/s1. The number of carbonyl (C=O) groups is 1. The predicted molar refractivity (Wildman–Crippen MR) is 81.5 cm³/mol. The summed E-state index contributed by atoms with van der Waals surface area (Å²) >= 11 is 0. The lowest BCUT2D eigenvalue weighted by Crippen LogP contribution is -2.50. The Morgan fingerprint density at radius 3 is 2.48 bits per heavy atom. The third-order valence-electron chi connectivity index (χ3n) is 2.79. The van der Waals surface area contributed by atoms with Gasteiger partial charge in [0.1, 0.15) is 5.60 Å². The molecule has 118 valence electrons. The van der Waals surface area contributed by atoms with Crippen molar-refractivity contribution in [2.24, 2.45) is 5.84 Å². The second-order valence-electron chi connectivity index (χ2n) is 5.92. The van der Waals surface area contributed by atoms with Gasteiger partial charge >= 0.3 is 6.09 Å². The van der Waals surface area contributed by atoms with Gasteiger partial charge in [-0.25, -0.2) is 4.79 Å². The van der Waals surface area contributed by atoms with Gasteiger partial charge in [-0.15, -0.1) is 0 Å². The molecule has 0 saturated carbocycles. The van der Waals surface area contributed by atoms with Gasteiger partial charge in [-0.1, -0.05) is 30.3 Å². The first-order chi connectivity index (χ1) is 9.81. The zero-order valence-corrected chi connectivity index (χ0v) is 12.8. The molecule has 0 aromatic heterocycles. The minimum Gasteiger partial charge on any atom is -0.444 e. The Kier molecular flexibility index (Phi) is 6.61. The molecule has 1 amide bonds. The van der Waals surface area contributed by atoms with E-state index in [9.17, 15) is 9.90 Å². The summed E-state index contributed by atoms with van der Waals surface area (Å²) in [6, 6.07) is 9.12. The number of nitrogens with one attached hydrogen (secondary N) is 2. The van der Waals surface area contributed by atoms with Gasteiger partial charge in [-0.2, -0.15) is 0 Å². The van der Waals surface area contributed by atoms with E-state index >= 15 is 0 Å². The van der Waals surface area contributed by atoms with Crippen molar-refractivity contribution >= 4 is 6.09 Å². The van der Waals surface area contributed by atoms with E-state index in [2.05, 4.69) is 10.7 Å². The normalized spacial score (nSPS) is 14.3. The molecule has 21 heavy (non-hydrogen) atoms. The van der Waals surface area contributed by atoms with Crippen molar-refractivity contribution in [3.8, 4) is 0 Å². The molecule has 1 rings (SSSR count). The number of nitrogens with two attached hydrogens (primary N) is 1. The summed E-state index contributed by atoms with van der Waals surface area (Å²) in [5, 5.41) is 12.8. The third-order valence-corrected chi connectivity index (χ3v) is 2.79. The summed E-state index contributed by atoms with van der Waals surface area (Å²) in [4.78, 5) is 11.9. The van der Waals surface area contributed by atoms with Crippen molar-refractivity contribution in [1.29, 1.82) is 0 Å². The van der Waals surface area contributed by atoms with E-state index < -0.39 is 23.8 Å². The van der Waals surface area contributed by atoms with Crippen LogP contribution >= 0.6 is 0 Å². The van der Waals surface area contributed by atoms with Gasteiger partial charge in [0.15, 0.2) is 0 Å². The molecule has 0 bridgehead atoms. The second-order valence-corrected chi connectivity index (χ2v) is 5.92. The van der Waals surface area contributed by atoms with Gasteiger partial charge in [-0.05, 0) is 32.8 Å². The Balaban J connectivity index is 2.71. The van der Waals surface area contributed by atoms with Crippen LogP contribution < -0.4 is 16.6 Å². The number of aliphatic hydroxyl groups is 1. The Labute approximate surface area is 125 Å². The monoisotopic (exact) mass is 295 g/mol. The molecule has 1 aromatic carbocycles. The molecule has 1 aromatic rings. The number of hydrogen-bond donors (Lipinski definition) is 4. The molecule has 0 unspecified atom stereocenters. The van der Waals surface area contributed by atoms with E-state index in [1.807, 2.05) is 30.3 Å². The largest absolute Gasteiger partial charge is 0.444 e. The first-order valence-electron chi connectivity index (χ1n) is 6.97. The Morgan fingerprint density at radius 1 is 1.33 bits per heavy atom. The van der Waals surface area contributed by atoms with Gasteiger partial charge in [0, 0.05) is 6.54 Å². The maximum absolute atomic E-state index is 11.9. The minimum absolute atomic E-state index is 0.174. The van der Waals surface area contributed by atoms with Crippen LogP contribution in [0.3, 0.4) is 0 Å². The molecule has 2 atom stereocenters. The van der Waals surface area contributed by atoms with Crippen molar-refractivity contribution < 1.29 is 14.6 Å².